The van der Waals surface area contributed by atoms with Gasteiger partial charge in [0.1, 0.15) is 5.84 Å². The Labute approximate surface area is 120 Å². The van der Waals surface area contributed by atoms with Crippen LogP contribution in [-0.4, -0.2) is 37.0 Å². The summed E-state index contributed by atoms with van der Waals surface area (Å²) in [6, 6.07) is 5.84. The monoisotopic (exact) mass is 283 g/mol. The molecule has 0 bridgehead atoms. The lowest BCUT2D eigenvalue weighted by Crippen LogP contribution is -2.35. The molecule has 4 nitrogen and oxygen atoms in total. The van der Waals surface area contributed by atoms with Crippen LogP contribution in [0.25, 0.3) is 0 Å². The van der Waals surface area contributed by atoms with Crippen molar-refractivity contribution >= 4 is 17.4 Å². The zero-order chi connectivity index (χ0) is 14.4. The molecule has 5 heteroatoms. The molecule has 0 heterocycles. The summed E-state index contributed by atoms with van der Waals surface area (Å²) in [4.78, 5) is 2.29. The Morgan fingerprint density at radius 1 is 1.53 bits per heavy atom. The van der Waals surface area contributed by atoms with Gasteiger partial charge in [0, 0.05) is 30.3 Å². The smallest absolute Gasteiger partial charge is 0.122 e. The van der Waals surface area contributed by atoms with E-state index in [1.807, 2.05) is 12.1 Å². The van der Waals surface area contributed by atoms with Crippen LogP contribution >= 0.6 is 11.6 Å². The van der Waals surface area contributed by atoms with Crippen molar-refractivity contribution in [3.05, 3.63) is 34.3 Å². The van der Waals surface area contributed by atoms with E-state index in [2.05, 4.69) is 18.7 Å². The second-order valence-electron chi connectivity index (χ2n) is 4.59. The number of nitrogens with one attached hydrogen (secondary N) is 1. The molecule has 106 valence electrons. The topological polar surface area (TPSA) is 62.3 Å². The Bertz CT molecular complexity index is 437. The van der Waals surface area contributed by atoms with Gasteiger partial charge >= 0.3 is 0 Å². The second kappa shape index (κ2) is 7.48. The van der Waals surface area contributed by atoms with Crippen LogP contribution < -0.4 is 5.73 Å². The summed E-state index contributed by atoms with van der Waals surface area (Å²) in [6.07, 6.45) is 0. The number of nitrogens with two attached hydrogens (primary N) is 1. The van der Waals surface area contributed by atoms with E-state index in [9.17, 15) is 0 Å². The standard InChI is InChI=1S/C14H22ClN3O/c1-4-18(10(2)9-19-3)8-12-6-5-11(14(16)17)7-13(12)15/h5-7,10H,4,8-9H2,1-3H3,(H3,16,17). The van der Waals surface area contributed by atoms with Crippen LogP contribution in [0.3, 0.4) is 0 Å². The van der Waals surface area contributed by atoms with Gasteiger partial charge in [0.15, 0.2) is 0 Å². The summed E-state index contributed by atoms with van der Waals surface area (Å²) in [7, 11) is 1.71. The Hall–Kier alpha value is -1.10. The van der Waals surface area contributed by atoms with Gasteiger partial charge in [-0.2, -0.15) is 0 Å². The first kappa shape index (κ1) is 16.0. The molecule has 1 unspecified atom stereocenters. The number of amidine groups is 1. The van der Waals surface area contributed by atoms with Crippen LogP contribution in [0.2, 0.25) is 5.02 Å². The molecule has 1 atom stereocenters. The maximum Gasteiger partial charge on any atom is 0.122 e. The molecule has 0 radical (unpaired) electrons. The maximum absolute atomic E-state index is 7.40. The van der Waals surface area contributed by atoms with E-state index in [-0.39, 0.29) is 5.84 Å². The number of methoxy groups -OCH3 is 1. The van der Waals surface area contributed by atoms with E-state index in [0.717, 1.165) is 18.7 Å². The molecular formula is C14H22ClN3O. The molecular weight excluding hydrogens is 262 g/mol. The predicted octanol–water partition coefficient (Wildman–Crippen LogP) is 2.48. The van der Waals surface area contributed by atoms with Crippen molar-refractivity contribution in [1.82, 2.24) is 4.90 Å². The lowest BCUT2D eigenvalue weighted by atomic mass is 10.1. The summed E-state index contributed by atoms with van der Waals surface area (Å²) < 4.78 is 5.19. The van der Waals surface area contributed by atoms with Crippen LogP contribution in [0.5, 0.6) is 0 Å². The van der Waals surface area contributed by atoms with Gasteiger partial charge in [-0.1, -0.05) is 30.7 Å². The van der Waals surface area contributed by atoms with Gasteiger partial charge < -0.3 is 10.5 Å². The molecule has 19 heavy (non-hydrogen) atoms. The lowest BCUT2D eigenvalue weighted by Gasteiger charge is -2.27. The maximum atomic E-state index is 7.40. The lowest BCUT2D eigenvalue weighted by molar-refractivity contribution is 0.0982. The van der Waals surface area contributed by atoms with Gasteiger partial charge in [0.2, 0.25) is 0 Å². The predicted molar refractivity (Wildman–Crippen MR) is 79.9 cm³/mol. The number of nitrogens with zero attached hydrogens (tertiary/aromatic N) is 1. The largest absolute Gasteiger partial charge is 0.384 e. The highest BCUT2D eigenvalue weighted by atomic mass is 35.5. The van der Waals surface area contributed by atoms with Crippen molar-refractivity contribution in [2.24, 2.45) is 5.73 Å². The van der Waals surface area contributed by atoms with Crippen LogP contribution in [0, 0.1) is 5.41 Å². The molecule has 0 fully saturated rings. The van der Waals surface area contributed by atoms with E-state index >= 15 is 0 Å². The Balaban J connectivity index is 2.83. The first-order valence-electron chi connectivity index (χ1n) is 6.35. The van der Waals surface area contributed by atoms with E-state index in [1.54, 1.807) is 13.2 Å². The van der Waals surface area contributed by atoms with Crippen molar-refractivity contribution in [3.63, 3.8) is 0 Å². The Morgan fingerprint density at radius 2 is 2.21 bits per heavy atom. The molecule has 0 saturated carbocycles. The number of hydrogen-bond acceptors (Lipinski definition) is 3. The number of rotatable bonds is 7. The van der Waals surface area contributed by atoms with E-state index in [0.29, 0.717) is 23.2 Å². The molecule has 0 aromatic heterocycles. The van der Waals surface area contributed by atoms with Gasteiger partial charge in [-0.15, -0.1) is 0 Å². The minimum atomic E-state index is 0.0357. The number of likely N-dealkylation sites (N-methyl/N-ethyl adjacent to an activating group) is 1. The molecule has 0 aliphatic carbocycles. The highest BCUT2D eigenvalue weighted by Crippen LogP contribution is 2.20. The quantitative estimate of drug-likeness (QED) is 0.597. The number of hydrogen-bond donors (Lipinski definition) is 2. The second-order valence-corrected chi connectivity index (χ2v) is 4.99. The third-order valence-corrected chi connectivity index (χ3v) is 3.53. The minimum Gasteiger partial charge on any atom is -0.384 e. The summed E-state index contributed by atoms with van der Waals surface area (Å²) in [5.41, 5.74) is 7.14. The SMILES string of the molecule is CCN(Cc1ccc(C(=N)N)cc1Cl)C(C)COC. The molecule has 1 aromatic carbocycles. The first-order valence-corrected chi connectivity index (χ1v) is 6.73. The minimum absolute atomic E-state index is 0.0357. The number of halogens is 1. The van der Waals surface area contributed by atoms with Crippen LogP contribution in [0.4, 0.5) is 0 Å². The third-order valence-electron chi connectivity index (χ3n) is 3.17. The van der Waals surface area contributed by atoms with E-state index in [4.69, 9.17) is 27.5 Å². The molecule has 0 aliphatic heterocycles. The summed E-state index contributed by atoms with van der Waals surface area (Å²) in [5.74, 6) is 0.0357. The molecule has 0 amide bonds. The van der Waals surface area contributed by atoms with Gasteiger partial charge in [0.05, 0.1) is 6.61 Å². The van der Waals surface area contributed by atoms with Crippen molar-refractivity contribution < 1.29 is 4.74 Å². The summed E-state index contributed by atoms with van der Waals surface area (Å²) in [5, 5.41) is 8.04. The summed E-state index contributed by atoms with van der Waals surface area (Å²) >= 11 is 6.25. The molecule has 1 rings (SSSR count). The van der Waals surface area contributed by atoms with Gasteiger partial charge in [-0.05, 0) is 25.1 Å². The van der Waals surface area contributed by atoms with Crippen LogP contribution in [-0.2, 0) is 11.3 Å². The van der Waals surface area contributed by atoms with Gasteiger partial charge in [-0.25, -0.2) is 0 Å². The van der Waals surface area contributed by atoms with Crippen molar-refractivity contribution in [1.29, 1.82) is 5.41 Å². The number of benzene rings is 1. The number of ether oxygens (including phenoxy) is 1. The normalized spacial score (nSPS) is 12.7. The van der Waals surface area contributed by atoms with Gasteiger partial charge in [-0.3, -0.25) is 10.3 Å². The average Bonchev–Trinajstić information content (AvgIpc) is 2.37. The average molecular weight is 284 g/mol. The van der Waals surface area contributed by atoms with Crippen molar-refractivity contribution in [2.75, 3.05) is 20.3 Å². The first-order chi connectivity index (χ1) is 8.99. The van der Waals surface area contributed by atoms with Crippen molar-refractivity contribution in [3.8, 4) is 0 Å². The van der Waals surface area contributed by atoms with E-state index in [1.165, 1.54) is 0 Å². The molecule has 1 aromatic rings. The fourth-order valence-corrected chi connectivity index (χ4v) is 2.23. The van der Waals surface area contributed by atoms with Gasteiger partial charge in [0.25, 0.3) is 0 Å². The molecule has 3 N–H and O–H groups in total. The van der Waals surface area contributed by atoms with Crippen LogP contribution in [0.1, 0.15) is 25.0 Å². The fraction of sp³-hybridized carbons (Fsp3) is 0.500. The summed E-state index contributed by atoms with van der Waals surface area (Å²) in [6.45, 7) is 6.62. The zero-order valence-electron chi connectivity index (χ0n) is 11.7. The number of nitrogen functional groups attached to an aromatic ring is 1. The van der Waals surface area contributed by atoms with Crippen molar-refractivity contribution in [2.45, 2.75) is 26.4 Å². The Kier molecular flexibility index (Phi) is 6.28. The third kappa shape index (κ3) is 4.49. The molecule has 0 saturated heterocycles. The van der Waals surface area contributed by atoms with Crippen LogP contribution in [0.15, 0.2) is 18.2 Å². The van der Waals surface area contributed by atoms with E-state index < -0.39 is 0 Å². The highest BCUT2D eigenvalue weighted by molar-refractivity contribution is 6.31. The highest BCUT2D eigenvalue weighted by Gasteiger charge is 2.14. The molecule has 0 spiro atoms. The molecule has 0 aliphatic rings. The Morgan fingerprint density at radius 3 is 2.68 bits per heavy atom. The fourth-order valence-electron chi connectivity index (χ4n) is 1.99. The zero-order valence-corrected chi connectivity index (χ0v) is 12.5.